The van der Waals surface area contributed by atoms with Crippen LogP contribution in [0, 0.1) is 11.6 Å². The third kappa shape index (κ3) is 8.16. The molecular formula is C33H36ClF2N5O4. The number of halogens is 3. The van der Waals surface area contributed by atoms with Crippen LogP contribution in [0.5, 0.6) is 0 Å². The van der Waals surface area contributed by atoms with E-state index in [2.05, 4.69) is 20.7 Å². The second-order valence-electron chi connectivity index (χ2n) is 11.2. The van der Waals surface area contributed by atoms with E-state index >= 15 is 0 Å². The Hall–Kier alpha value is -4.06. The molecule has 12 heteroatoms. The summed E-state index contributed by atoms with van der Waals surface area (Å²) < 4.78 is 33.2. The second-order valence-corrected chi connectivity index (χ2v) is 11.6. The van der Waals surface area contributed by atoms with Crippen molar-refractivity contribution in [3.8, 4) is 0 Å². The molecule has 0 saturated carbocycles. The highest BCUT2D eigenvalue weighted by Gasteiger charge is 2.34. The van der Waals surface area contributed by atoms with Crippen LogP contribution in [0.2, 0.25) is 5.02 Å². The van der Waals surface area contributed by atoms with E-state index in [4.69, 9.17) is 11.6 Å². The lowest BCUT2D eigenvalue weighted by Crippen LogP contribution is -2.58. The molecule has 0 aromatic heterocycles. The third-order valence-electron chi connectivity index (χ3n) is 8.38. The van der Waals surface area contributed by atoms with Gasteiger partial charge in [-0.15, -0.1) is 0 Å². The van der Waals surface area contributed by atoms with Crippen molar-refractivity contribution >= 4 is 29.5 Å². The van der Waals surface area contributed by atoms with Crippen molar-refractivity contribution in [2.24, 2.45) is 0 Å². The van der Waals surface area contributed by atoms with Crippen LogP contribution >= 0.6 is 11.6 Å². The standard InChI is InChI=1S/C33H36ClF2N5O4/c1-45-33(44)38-20-30(26-11-10-25(35)18-27(26)36)40-12-14-41(15-13-40)32(43)29(16-21-6-8-24(34)9-7-21)39-31(42)28-17-22-4-2-3-5-23(22)19-37-28/h2-11,18,28-30,37H,12-17,19-20H2,1H3,(H,38,44)(H,39,42). The van der Waals surface area contributed by atoms with Crippen LogP contribution in [0.25, 0.3) is 0 Å². The number of methoxy groups -OCH3 is 1. The van der Waals surface area contributed by atoms with Gasteiger partial charge in [0.15, 0.2) is 0 Å². The summed E-state index contributed by atoms with van der Waals surface area (Å²) in [4.78, 5) is 42.9. The molecule has 0 radical (unpaired) electrons. The smallest absolute Gasteiger partial charge is 0.406 e. The van der Waals surface area contributed by atoms with Gasteiger partial charge in [-0.2, -0.15) is 0 Å². The number of hydrogen-bond donors (Lipinski definition) is 3. The van der Waals surface area contributed by atoms with E-state index in [0.29, 0.717) is 44.2 Å². The zero-order chi connectivity index (χ0) is 31.9. The fraction of sp³-hybridized carbons (Fsp3) is 0.364. The first-order valence-electron chi connectivity index (χ1n) is 14.9. The summed E-state index contributed by atoms with van der Waals surface area (Å²) in [5.74, 6) is -1.91. The maximum atomic E-state index is 14.8. The van der Waals surface area contributed by atoms with Crippen LogP contribution in [0.4, 0.5) is 13.6 Å². The maximum Gasteiger partial charge on any atom is 0.406 e. The molecule has 45 heavy (non-hydrogen) atoms. The molecule has 0 aliphatic carbocycles. The molecule has 9 nitrogen and oxygen atoms in total. The van der Waals surface area contributed by atoms with Crippen LogP contribution in [0.3, 0.4) is 0 Å². The quantitative estimate of drug-likeness (QED) is 0.331. The number of benzene rings is 3. The molecule has 0 spiro atoms. The Morgan fingerprint density at radius 2 is 1.71 bits per heavy atom. The summed E-state index contributed by atoms with van der Waals surface area (Å²) in [5, 5.41) is 9.46. The number of fused-ring (bicyclic) bond motifs is 1. The van der Waals surface area contributed by atoms with Crippen LogP contribution < -0.4 is 16.0 Å². The highest BCUT2D eigenvalue weighted by atomic mass is 35.5. The Bertz CT molecular complexity index is 1520. The summed E-state index contributed by atoms with van der Waals surface area (Å²) in [7, 11) is 1.23. The van der Waals surface area contributed by atoms with E-state index in [1.54, 1.807) is 17.0 Å². The van der Waals surface area contributed by atoms with Gasteiger partial charge in [0.2, 0.25) is 11.8 Å². The predicted octanol–water partition coefficient (Wildman–Crippen LogP) is 3.60. The lowest BCUT2D eigenvalue weighted by atomic mass is 9.95. The second kappa shape index (κ2) is 14.8. The molecule has 0 bridgehead atoms. The van der Waals surface area contributed by atoms with Crippen molar-refractivity contribution in [1.82, 2.24) is 25.8 Å². The zero-order valence-electron chi connectivity index (χ0n) is 24.9. The molecule has 2 aliphatic heterocycles. The Morgan fingerprint density at radius 1 is 1.00 bits per heavy atom. The lowest BCUT2D eigenvalue weighted by Gasteiger charge is -2.40. The minimum Gasteiger partial charge on any atom is -0.453 e. The van der Waals surface area contributed by atoms with E-state index in [-0.39, 0.29) is 30.3 Å². The number of carbonyl (C=O) groups excluding carboxylic acids is 3. The molecule has 3 aromatic carbocycles. The minimum absolute atomic E-state index is 0.0237. The first-order valence-corrected chi connectivity index (χ1v) is 15.2. The summed E-state index contributed by atoms with van der Waals surface area (Å²) in [6, 6.07) is 16.5. The van der Waals surface area contributed by atoms with Gasteiger partial charge >= 0.3 is 6.09 Å². The summed E-state index contributed by atoms with van der Waals surface area (Å²) in [6.07, 6.45) is 0.120. The lowest BCUT2D eigenvalue weighted by molar-refractivity contribution is -0.138. The minimum atomic E-state index is -0.824. The van der Waals surface area contributed by atoms with Crippen LogP contribution in [-0.4, -0.2) is 79.6 Å². The first-order chi connectivity index (χ1) is 21.7. The normalized spacial score (nSPS) is 18.0. The molecule has 3 atom stereocenters. The number of nitrogens with one attached hydrogen (secondary N) is 3. The fourth-order valence-corrected chi connectivity index (χ4v) is 6.03. The van der Waals surface area contributed by atoms with Gasteiger partial charge in [-0.25, -0.2) is 13.6 Å². The molecule has 3 aromatic rings. The number of hydrogen-bond acceptors (Lipinski definition) is 6. The van der Waals surface area contributed by atoms with Crippen molar-refractivity contribution in [2.75, 3.05) is 39.8 Å². The summed E-state index contributed by atoms with van der Waals surface area (Å²) in [5.41, 5.74) is 3.32. The fourth-order valence-electron chi connectivity index (χ4n) is 5.90. The zero-order valence-corrected chi connectivity index (χ0v) is 25.7. The number of ether oxygens (including phenoxy) is 1. The van der Waals surface area contributed by atoms with Crippen LogP contribution in [0.15, 0.2) is 66.7 Å². The average molecular weight is 640 g/mol. The summed E-state index contributed by atoms with van der Waals surface area (Å²) in [6.45, 7) is 1.91. The Kier molecular flexibility index (Phi) is 10.6. The van der Waals surface area contributed by atoms with Gasteiger partial charge in [-0.1, -0.05) is 54.1 Å². The van der Waals surface area contributed by atoms with Crippen molar-refractivity contribution in [3.63, 3.8) is 0 Å². The largest absolute Gasteiger partial charge is 0.453 e. The highest BCUT2D eigenvalue weighted by Crippen LogP contribution is 2.26. The molecule has 3 N–H and O–H groups in total. The molecule has 2 heterocycles. The SMILES string of the molecule is COC(=O)NCC(c1ccc(F)cc1F)N1CCN(C(=O)C(Cc2ccc(Cl)cc2)NC(=O)C2Cc3ccccc3CN2)CC1. The molecule has 5 rings (SSSR count). The Labute approximate surface area is 265 Å². The van der Waals surface area contributed by atoms with Gasteiger partial charge in [-0.3, -0.25) is 14.5 Å². The number of nitrogens with zero attached hydrogens (tertiary/aromatic N) is 2. The number of piperazine rings is 1. The molecule has 2 aliphatic rings. The molecule has 3 amide bonds. The van der Waals surface area contributed by atoms with Gasteiger partial charge in [-0.05, 0) is 41.3 Å². The van der Waals surface area contributed by atoms with Gasteiger partial charge in [0.05, 0.1) is 19.2 Å². The van der Waals surface area contributed by atoms with Crippen molar-refractivity contribution in [3.05, 3.63) is 106 Å². The van der Waals surface area contributed by atoms with Crippen LogP contribution in [0.1, 0.15) is 28.3 Å². The Balaban J connectivity index is 1.29. The van der Waals surface area contributed by atoms with Crippen molar-refractivity contribution in [1.29, 1.82) is 0 Å². The number of carbonyl (C=O) groups is 3. The van der Waals surface area contributed by atoms with Crippen molar-refractivity contribution < 1.29 is 27.9 Å². The van der Waals surface area contributed by atoms with Gasteiger partial charge < -0.3 is 25.6 Å². The van der Waals surface area contributed by atoms with E-state index in [9.17, 15) is 23.2 Å². The topological polar surface area (TPSA) is 103 Å². The summed E-state index contributed by atoms with van der Waals surface area (Å²) >= 11 is 6.08. The van der Waals surface area contributed by atoms with Gasteiger partial charge in [0, 0.05) is 62.3 Å². The molecule has 1 fully saturated rings. The number of alkyl carbamates (subject to hydrolysis) is 1. The van der Waals surface area contributed by atoms with E-state index in [1.165, 1.54) is 19.2 Å². The average Bonchev–Trinajstić information content (AvgIpc) is 3.05. The van der Waals surface area contributed by atoms with Crippen LogP contribution in [-0.2, 0) is 33.7 Å². The van der Waals surface area contributed by atoms with Gasteiger partial charge in [0.25, 0.3) is 0 Å². The first kappa shape index (κ1) is 32.3. The molecule has 3 unspecified atom stereocenters. The van der Waals surface area contributed by atoms with E-state index < -0.39 is 35.9 Å². The monoisotopic (exact) mass is 639 g/mol. The number of amides is 3. The van der Waals surface area contributed by atoms with Gasteiger partial charge in [0.1, 0.15) is 17.7 Å². The predicted molar refractivity (Wildman–Crippen MR) is 166 cm³/mol. The molecule has 238 valence electrons. The molecule has 1 saturated heterocycles. The highest BCUT2D eigenvalue weighted by molar-refractivity contribution is 6.30. The van der Waals surface area contributed by atoms with E-state index in [1.807, 2.05) is 41.3 Å². The third-order valence-corrected chi connectivity index (χ3v) is 8.63. The number of rotatable bonds is 9. The maximum absolute atomic E-state index is 14.8. The van der Waals surface area contributed by atoms with Crippen molar-refractivity contribution in [2.45, 2.75) is 37.5 Å². The Morgan fingerprint density at radius 3 is 2.40 bits per heavy atom. The molecular weight excluding hydrogens is 604 g/mol. The van der Waals surface area contributed by atoms with E-state index in [0.717, 1.165) is 22.8 Å².